The van der Waals surface area contributed by atoms with Crippen LogP contribution in [0.4, 0.5) is 10.7 Å². The van der Waals surface area contributed by atoms with Crippen LogP contribution in [0.2, 0.25) is 0 Å². The molecule has 0 atom stereocenters. The maximum absolute atomic E-state index is 10.6. The Labute approximate surface area is 124 Å². The van der Waals surface area contributed by atoms with Crippen LogP contribution < -0.4 is 5.32 Å². The van der Waals surface area contributed by atoms with Crippen molar-refractivity contribution in [2.75, 3.05) is 5.32 Å². The predicted octanol–water partition coefficient (Wildman–Crippen LogP) is 2.85. The summed E-state index contributed by atoms with van der Waals surface area (Å²) in [5.41, 5.74) is 2.75. The van der Waals surface area contributed by atoms with Gasteiger partial charge in [0.15, 0.2) is 0 Å². The summed E-state index contributed by atoms with van der Waals surface area (Å²) in [5.74, 6) is 0. The summed E-state index contributed by atoms with van der Waals surface area (Å²) < 4.78 is 1.67. The minimum atomic E-state index is -0.374. The normalized spacial score (nSPS) is 10.5. The average Bonchev–Trinajstić information content (AvgIpc) is 3.17. The van der Waals surface area contributed by atoms with Gasteiger partial charge in [-0.1, -0.05) is 11.3 Å². The molecule has 8 heteroatoms. The number of hydrogen-bond donors (Lipinski definition) is 1. The van der Waals surface area contributed by atoms with Crippen molar-refractivity contribution in [1.29, 1.82) is 0 Å². The third-order valence-corrected chi connectivity index (χ3v) is 3.80. The molecule has 0 fully saturated rings. The Morgan fingerprint density at radius 3 is 2.76 bits per heavy atom. The quantitative estimate of drug-likeness (QED) is 0.578. The zero-order valence-electron chi connectivity index (χ0n) is 10.8. The molecule has 1 aromatic carbocycles. The lowest BCUT2D eigenvalue weighted by Crippen LogP contribution is -1.99. The van der Waals surface area contributed by atoms with Crippen molar-refractivity contribution in [3.8, 4) is 5.69 Å². The molecule has 0 aliphatic rings. The molecular formula is C13H11N5O2S. The second-order valence-corrected chi connectivity index (χ2v) is 5.18. The summed E-state index contributed by atoms with van der Waals surface area (Å²) in [5, 5.41) is 19.8. The lowest BCUT2D eigenvalue weighted by atomic mass is 10.2. The van der Waals surface area contributed by atoms with Crippen LogP contribution in [0.5, 0.6) is 0 Å². The van der Waals surface area contributed by atoms with Gasteiger partial charge in [-0.3, -0.25) is 10.1 Å². The molecule has 2 heterocycles. The van der Waals surface area contributed by atoms with Crippen LogP contribution in [-0.2, 0) is 6.54 Å². The number of hydrogen-bond acceptors (Lipinski definition) is 6. The molecule has 0 saturated heterocycles. The number of thiophene rings is 1. The molecule has 1 N–H and O–H groups in total. The maximum Gasteiger partial charge on any atom is 0.324 e. The van der Waals surface area contributed by atoms with Crippen LogP contribution in [0.1, 0.15) is 5.56 Å². The number of aromatic nitrogens is 3. The van der Waals surface area contributed by atoms with Crippen molar-refractivity contribution < 1.29 is 4.92 Å². The third kappa shape index (κ3) is 3.06. The third-order valence-electron chi connectivity index (χ3n) is 2.87. The Balaban J connectivity index is 1.64. The van der Waals surface area contributed by atoms with Gasteiger partial charge in [0.25, 0.3) is 0 Å². The van der Waals surface area contributed by atoms with Gasteiger partial charge in [-0.2, -0.15) is 5.10 Å². The van der Waals surface area contributed by atoms with E-state index in [1.807, 2.05) is 24.3 Å². The van der Waals surface area contributed by atoms with Crippen LogP contribution >= 0.6 is 11.3 Å². The van der Waals surface area contributed by atoms with Crippen LogP contribution in [0, 0.1) is 10.1 Å². The number of benzene rings is 1. The molecule has 0 amide bonds. The van der Waals surface area contributed by atoms with Gasteiger partial charge in [0.2, 0.25) is 0 Å². The van der Waals surface area contributed by atoms with E-state index < -0.39 is 0 Å². The van der Waals surface area contributed by atoms with Crippen molar-refractivity contribution in [3.05, 3.63) is 64.0 Å². The van der Waals surface area contributed by atoms with Gasteiger partial charge in [-0.25, -0.2) is 9.67 Å². The number of nitrogens with one attached hydrogen (secondary N) is 1. The largest absolute Gasteiger partial charge is 0.381 e. The molecule has 0 spiro atoms. The highest BCUT2D eigenvalue weighted by Crippen LogP contribution is 2.23. The van der Waals surface area contributed by atoms with Crippen LogP contribution in [0.15, 0.2) is 48.4 Å². The average molecular weight is 301 g/mol. The van der Waals surface area contributed by atoms with E-state index in [1.54, 1.807) is 22.5 Å². The second kappa shape index (κ2) is 5.71. The fourth-order valence-corrected chi connectivity index (χ4v) is 2.56. The molecule has 0 radical (unpaired) electrons. The van der Waals surface area contributed by atoms with Gasteiger partial charge in [-0.15, -0.1) is 0 Å². The fourth-order valence-electron chi connectivity index (χ4n) is 1.83. The zero-order chi connectivity index (χ0) is 14.7. The van der Waals surface area contributed by atoms with Crippen LogP contribution in [-0.4, -0.2) is 19.7 Å². The van der Waals surface area contributed by atoms with E-state index in [9.17, 15) is 10.1 Å². The Bertz CT molecular complexity index is 736. The lowest BCUT2D eigenvalue weighted by Gasteiger charge is -2.06. The SMILES string of the molecule is O=[N+]([O-])c1cc(CNc2ccc(-n3cncn3)cc2)cs1. The summed E-state index contributed by atoms with van der Waals surface area (Å²) in [4.78, 5) is 14.1. The monoisotopic (exact) mass is 301 g/mol. The van der Waals surface area contributed by atoms with Crippen LogP contribution in [0.3, 0.4) is 0 Å². The minimum Gasteiger partial charge on any atom is -0.381 e. The fraction of sp³-hybridized carbons (Fsp3) is 0.0769. The van der Waals surface area contributed by atoms with Gasteiger partial charge in [0, 0.05) is 23.7 Å². The first-order valence-electron chi connectivity index (χ1n) is 6.13. The zero-order valence-corrected chi connectivity index (χ0v) is 11.7. The maximum atomic E-state index is 10.6. The Hall–Kier alpha value is -2.74. The van der Waals surface area contributed by atoms with Gasteiger partial charge in [0.05, 0.1) is 10.6 Å². The summed E-state index contributed by atoms with van der Waals surface area (Å²) >= 11 is 1.14. The Morgan fingerprint density at radius 2 is 2.14 bits per heavy atom. The van der Waals surface area contributed by atoms with Gasteiger partial charge in [-0.05, 0) is 29.8 Å². The van der Waals surface area contributed by atoms with E-state index in [0.717, 1.165) is 28.3 Å². The summed E-state index contributed by atoms with van der Waals surface area (Å²) in [6.07, 6.45) is 3.11. The molecule has 2 aromatic heterocycles. The predicted molar refractivity (Wildman–Crippen MR) is 79.7 cm³/mol. The first-order chi connectivity index (χ1) is 10.2. The van der Waals surface area contributed by atoms with Gasteiger partial charge in [0.1, 0.15) is 12.7 Å². The first kappa shape index (κ1) is 13.3. The summed E-state index contributed by atoms with van der Waals surface area (Å²) in [6, 6.07) is 9.29. The molecule has 3 aromatic rings. The standard InChI is InChI=1S/C13H11N5O2S/c19-18(20)13-5-10(7-21-13)6-15-11-1-3-12(4-2-11)17-9-14-8-16-17/h1-5,7-9,15H,6H2. The first-order valence-corrected chi connectivity index (χ1v) is 7.01. The Morgan fingerprint density at radius 1 is 1.33 bits per heavy atom. The Kier molecular flexibility index (Phi) is 3.61. The van der Waals surface area contributed by atoms with E-state index in [-0.39, 0.29) is 9.92 Å². The number of nitrogens with zero attached hydrogens (tertiary/aromatic N) is 4. The highest BCUT2D eigenvalue weighted by Gasteiger charge is 2.09. The lowest BCUT2D eigenvalue weighted by molar-refractivity contribution is -0.380. The summed E-state index contributed by atoms with van der Waals surface area (Å²) in [6.45, 7) is 0.549. The van der Waals surface area contributed by atoms with Crippen molar-refractivity contribution in [3.63, 3.8) is 0 Å². The molecule has 0 aliphatic heterocycles. The van der Waals surface area contributed by atoms with E-state index in [4.69, 9.17) is 0 Å². The molecule has 0 bridgehead atoms. The van der Waals surface area contributed by atoms with Crippen LogP contribution in [0.25, 0.3) is 5.69 Å². The highest BCUT2D eigenvalue weighted by molar-refractivity contribution is 7.13. The van der Waals surface area contributed by atoms with Crippen molar-refractivity contribution in [2.24, 2.45) is 0 Å². The van der Waals surface area contributed by atoms with Crippen molar-refractivity contribution in [1.82, 2.24) is 14.8 Å². The van der Waals surface area contributed by atoms with E-state index in [0.29, 0.717) is 6.54 Å². The number of nitro groups is 1. The number of anilines is 1. The molecule has 3 rings (SSSR count). The van der Waals surface area contributed by atoms with Gasteiger partial charge >= 0.3 is 5.00 Å². The number of rotatable bonds is 5. The topological polar surface area (TPSA) is 85.9 Å². The molecule has 0 saturated carbocycles. The van der Waals surface area contributed by atoms with E-state index in [1.165, 1.54) is 6.33 Å². The minimum absolute atomic E-state index is 0.160. The van der Waals surface area contributed by atoms with Gasteiger partial charge < -0.3 is 5.32 Å². The molecule has 21 heavy (non-hydrogen) atoms. The molecule has 106 valence electrons. The second-order valence-electron chi connectivity index (χ2n) is 4.29. The molecule has 0 unspecified atom stereocenters. The highest BCUT2D eigenvalue weighted by atomic mass is 32.1. The smallest absolute Gasteiger partial charge is 0.324 e. The van der Waals surface area contributed by atoms with E-state index >= 15 is 0 Å². The molecular weight excluding hydrogens is 290 g/mol. The molecule has 7 nitrogen and oxygen atoms in total. The van der Waals surface area contributed by atoms with E-state index in [2.05, 4.69) is 15.4 Å². The van der Waals surface area contributed by atoms with Crippen molar-refractivity contribution in [2.45, 2.75) is 6.54 Å². The van der Waals surface area contributed by atoms with Crippen molar-refractivity contribution >= 4 is 22.0 Å². The summed E-state index contributed by atoms with van der Waals surface area (Å²) in [7, 11) is 0. The molecule has 0 aliphatic carbocycles.